The Morgan fingerprint density at radius 3 is 2.43 bits per heavy atom. The fourth-order valence-electron chi connectivity index (χ4n) is 1.94. The van der Waals surface area contributed by atoms with E-state index in [1.54, 1.807) is 12.1 Å². The maximum atomic E-state index is 13.7. The van der Waals surface area contributed by atoms with Gasteiger partial charge in [0, 0.05) is 0 Å². The minimum atomic E-state index is -0.626. The zero-order valence-corrected chi connectivity index (χ0v) is 13.5. The first-order valence-corrected chi connectivity index (χ1v) is 7.17. The Morgan fingerprint density at radius 2 is 1.91 bits per heavy atom. The van der Waals surface area contributed by atoms with Gasteiger partial charge in [-0.1, -0.05) is 35.3 Å². The van der Waals surface area contributed by atoms with E-state index in [0.29, 0.717) is 5.56 Å². The van der Waals surface area contributed by atoms with E-state index < -0.39 is 11.6 Å². The third-order valence-corrected chi connectivity index (χ3v) is 3.67. The van der Waals surface area contributed by atoms with Crippen LogP contribution in [0.1, 0.15) is 15.9 Å². The van der Waals surface area contributed by atoms with Gasteiger partial charge in [0.2, 0.25) is 5.78 Å². The largest absolute Gasteiger partial charge is 0.494 e. The number of nitriles is 1. The van der Waals surface area contributed by atoms with Crippen LogP contribution in [-0.4, -0.2) is 12.9 Å². The summed E-state index contributed by atoms with van der Waals surface area (Å²) in [5, 5.41) is 9.51. The number of Topliss-reactive ketones (excluding diaryl/α,β-unsaturated/α-hetero) is 1. The number of ketones is 1. The summed E-state index contributed by atoms with van der Waals surface area (Å²) in [7, 11) is 1.34. The molecule has 23 heavy (non-hydrogen) atoms. The molecule has 0 N–H and O–H groups in total. The lowest BCUT2D eigenvalue weighted by atomic mass is 10.0. The summed E-state index contributed by atoms with van der Waals surface area (Å²) in [6.45, 7) is 0. The van der Waals surface area contributed by atoms with Crippen LogP contribution in [-0.2, 0) is 0 Å². The molecule has 0 spiro atoms. The molecule has 0 amide bonds. The third-order valence-electron chi connectivity index (χ3n) is 3.04. The topological polar surface area (TPSA) is 50.1 Å². The fraction of sp³-hybridized carbons (Fsp3) is 0.0588. The molecule has 0 atom stereocenters. The van der Waals surface area contributed by atoms with Crippen LogP contribution in [0.2, 0.25) is 10.0 Å². The number of nitrogens with zero attached hydrogens (tertiary/aromatic N) is 1. The molecule has 2 rings (SSSR count). The van der Waals surface area contributed by atoms with E-state index in [1.165, 1.54) is 37.5 Å². The van der Waals surface area contributed by atoms with Crippen molar-refractivity contribution in [3.63, 3.8) is 0 Å². The number of ether oxygens (including phenoxy) is 1. The second kappa shape index (κ2) is 7.28. The molecule has 0 aromatic heterocycles. The summed E-state index contributed by atoms with van der Waals surface area (Å²) in [6, 6.07) is 10.5. The first kappa shape index (κ1) is 17.0. The zero-order chi connectivity index (χ0) is 17.0. The summed E-state index contributed by atoms with van der Waals surface area (Å²) >= 11 is 11.9. The molecule has 0 saturated carbocycles. The predicted molar refractivity (Wildman–Crippen MR) is 87.3 cm³/mol. The van der Waals surface area contributed by atoms with E-state index in [9.17, 15) is 14.4 Å². The molecule has 0 fully saturated rings. The fourth-order valence-corrected chi connectivity index (χ4v) is 2.51. The molecule has 0 aliphatic heterocycles. The van der Waals surface area contributed by atoms with E-state index in [4.69, 9.17) is 27.9 Å². The van der Waals surface area contributed by atoms with Gasteiger partial charge < -0.3 is 4.74 Å². The molecule has 3 nitrogen and oxygen atoms in total. The molecule has 116 valence electrons. The van der Waals surface area contributed by atoms with Crippen LogP contribution in [0.25, 0.3) is 6.08 Å². The number of carbonyl (C=O) groups excluding carboxylic acids is 1. The van der Waals surface area contributed by atoms with Crippen molar-refractivity contribution in [2.24, 2.45) is 0 Å². The van der Waals surface area contributed by atoms with Crippen LogP contribution in [0.3, 0.4) is 0 Å². The van der Waals surface area contributed by atoms with Crippen LogP contribution in [0.4, 0.5) is 4.39 Å². The summed E-state index contributed by atoms with van der Waals surface area (Å²) < 4.78 is 18.5. The number of methoxy groups -OCH3 is 1. The monoisotopic (exact) mass is 349 g/mol. The molecule has 0 radical (unpaired) electrons. The standard InChI is InChI=1S/C17H10Cl2FNO2/c1-23-15-6-5-10(8-14(15)20)7-11(9-21)17(22)16-12(18)3-2-4-13(16)19/h2-8H,1H3/b11-7+. The summed E-state index contributed by atoms with van der Waals surface area (Å²) in [4.78, 5) is 12.5. The number of halogens is 3. The Kier molecular flexibility index (Phi) is 5.38. The first-order valence-electron chi connectivity index (χ1n) is 6.42. The van der Waals surface area contributed by atoms with Crippen molar-refractivity contribution in [2.45, 2.75) is 0 Å². The summed E-state index contributed by atoms with van der Waals surface area (Å²) in [5.74, 6) is -1.15. The highest BCUT2D eigenvalue weighted by molar-refractivity contribution is 6.41. The molecule has 6 heteroatoms. The van der Waals surface area contributed by atoms with Crippen molar-refractivity contribution in [2.75, 3.05) is 7.11 Å². The number of benzene rings is 2. The number of hydrogen-bond donors (Lipinski definition) is 0. The SMILES string of the molecule is COc1ccc(/C=C(\C#N)C(=O)c2c(Cl)cccc2Cl)cc1F. The van der Waals surface area contributed by atoms with Crippen LogP contribution in [0, 0.1) is 17.1 Å². The number of rotatable bonds is 4. The smallest absolute Gasteiger partial charge is 0.206 e. The Labute approximate surface area is 142 Å². The molecule has 2 aromatic rings. The van der Waals surface area contributed by atoms with Crippen molar-refractivity contribution < 1.29 is 13.9 Å². The van der Waals surface area contributed by atoms with Gasteiger partial charge in [0.15, 0.2) is 11.6 Å². The quantitative estimate of drug-likeness (QED) is 0.446. The molecule has 0 heterocycles. The van der Waals surface area contributed by atoms with Gasteiger partial charge in [0.25, 0.3) is 0 Å². The molecule has 0 saturated heterocycles. The Hall–Kier alpha value is -2.35. The van der Waals surface area contributed by atoms with Crippen LogP contribution >= 0.6 is 23.2 Å². The van der Waals surface area contributed by atoms with E-state index in [2.05, 4.69) is 0 Å². The average molecular weight is 350 g/mol. The van der Waals surface area contributed by atoms with Gasteiger partial charge in [-0.3, -0.25) is 4.79 Å². The van der Waals surface area contributed by atoms with Gasteiger partial charge in [0.05, 0.1) is 22.7 Å². The number of allylic oxidation sites excluding steroid dienone is 1. The zero-order valence-electron chi connectivity index (χ0n) is 11.9. The lowest BCUT2D eigenvalue weighted by molar-refractivity contribution is 0.104. The summed E-state index contributed by atoms with van der Waals surface area (Å²) in [6.07, 6.45) is 1.27. The van der Waals surface area contributed by atoms with Gasteiger partial charge in [-0.15, -0.1) is 0 Å². The van der Waals surface area contributed by atoms with E-state index in [-0.39, 0.29) is 26.9 Å². The molecule has 0 unspecified atom stereocenters. The van der Waals surface area contributed by atoms with E-state index in [0.717, 1.165) is 6.07 Å². The van der Waals surface area contributed by atoms with Crippen molar-refractivity contribution in [3.05, 3.63) is 69.0 Å². The maximum Gasteiger partial charge on any atom is 0.206 e. The van der Waals surface area contributed by atoms with Gasteiger partial charge >= 0.3 is 0 Å². The predicted octanol–water partition coefficient (Wildman–Crippen LogP) is 4.93. The Balaban J connectivity index is 2.45. The number of hydrogen-bond acceptors (Lipinski definition) is 3. The van der Waals surface area contributed by atoms with Crippen molar-refractivity contribution >= 4 is 35.1 Å². The first-order chi connectivity index (χ1) is 11.0. The molecule has 0 bridgehead atoms. The van der Waals surface area contributed by atoms with Crippen molar-refractivity contribution in [3.8, 4) is 11.8 Å². The maximum absolute atomic E-state index is 13.7. The van der Waals surface area contributed by atoms with Gasteiger partial charge in [-0.25, -0.2) is 4.39 Å². The average Bonchev–Trinajstić information content (AvgIpc) is 2.52. The van der Waals surface area contributed by atoms with Crippen LogP contribution < -0.4 is 4.74 Å². The van der Waals surface area contributed by atoms with Gasteiger partial charge in [0.1, 0.15) is 11.6 Å². The lowest BCUT2D eigenvalue weighted by Gasteiger charge is -2.06. The van der Waals surface area contributed by atoms with Crippen LogP contribution in [0.15, 0.2) is 42.0 Å². The Bertz CT molecular complexity index is 821. The minimum absolute atomic E-state index is 0.0395. The highest BCUT2D eigenvalue weighted by Crippen LogP contribution is 2.27. The van der Waals surface area contributed by atoms with Crippen LogP contribution in [0.5, 0.6) is 5.75 Å². The molecular weight excluding hydrogens is 340 g/mol. The Morgan fingerprint density at radius 1 is 1.26 bits per heavy atom. The second-order valence-corrected chi connectivity index (χ2v) is 5.30. The van der Waals surface area contributed by atoms with Gasteiger partial charge in [-0.2, -0.15) is 5.26 Å². The second-order valence-electron chi connectivity index (χ2n) is 4.49. The molecule has 2 aromatic carbocycles. The van der Waals surface area contributed by atoms with Crippen molar-refractivity contribution in [1.29, 1.82) is 5.26 Å². The normalized spacial score (nSPS) is 11.0. The van der Waals surface area contributed by atoms with E-state index in [1.807, 2.05) is 0 Å². The molecular formula is C17H10Cl2FNO2. The minimum Gasteiger partial charge on any atom is -0.494 e. The van der Waals surface area contributed by atoms with Gasteiger partial charge in [-0.05, 0) is 35.9 Å². The molecule has 0 aliphatic carbocycles. The highest BCUT2D eigenvalue weighted by Gasteiger charge is 2.19. The van der Waals surface area contributed by atoms with Crippen molar-refractivity contribution in [1.82, 2.24) is 0 Å². The highest BCUT2D eigenvalue weighted by atomic mass is 35.5. The molecule has 0 aliphatic rings. The third kappa shape index (κ3) is 3.70. The number of carbonyl (C=O) groups is 1. The van der Waals surface area contributed by atoms with E-state index >= 15 is 0 Å². The lowest BCUT2D eigenvalue weighted by Crippen LogP contribution is -2.04. The summed E-state index contributed by atoms with van der Waals surface area (Å²) in [5.41, 5.74) is 0.179.